The first-order valence-corrected chi connectivity index (χ1v) is 12.6. The number of aromatic nitrogens is 2. The molecule has 1 aliphatic heterocycles. The number of anilines is 1. The SMILES string of the molecule is CC(=O)c1cccc(NS(=O)(=O)c2cc(-c3noc(C(=O)N4CCCCCC4)n3)ccc2C)c1. The second-order valence-corrected chi connectivity index (χ2v) is 10.0. The summed E-state index contributed by atoms with van der Waals surface area (Å²) in [5, 5.41) is 3.91. The van der Waals surface area contributed by atoms with E-state index in [4.69, 9.17) is 4.52 Å². The van der Waals surface area contributed by atoms with Gasteiger partial charge in [0.2, 0.25) is 5.82 Å². The maximum Gasteiger partial charge on any atom is 0.316 e. The molecular weight excluding hydrogens is 456 g/mol. The Kier molecular flexibility index (Phi) is 6.78. The van der Waals surface area contributed by atoms with Gasteiger partial charge in [-0.2, -0.15) is 4.98 Å². The van der Waals surface area contributed by atoms with Crippen LogP contribution in [0.4, 0.5) is 5.69 Å². The molecule has 0 atom stereocenters. The van der Waals surface area contributed by atoms with Crippen LogP contribution in [0.1, 0.15) is 59.2 Å². The van der Waals surface area contributed by atoms with Crippen molar-refractivity contribution in [2.24, 2.45) is 0 Å². The molecule has 178 valence electrons. The topological polar surface area (TPSA) is 122 Å². The van der Waals surface area contributed by atoms with Crippen LogP contribution in [0.15, 0.2) is 51.9 Å². The van der Waals surface area contributed by atoms with E-state index in [-0.39, 0.29) is 34.0 Å². The Hall–Kier alpha value is -3.53. The highest BCUT2D eigenvalue weighted by molar-refractivity contribution is 7.92. The van der Waals surface area contributed by atoms with Crippen LogP contribution in [0.25, 0.3) is 11.4 Å². The summed E-state index contributed by atoms with van der Waals surface area (Å²) in [7, 11) is -3.97. The second kappa shape index (κ2) is 9.76. The Morgan fingerprint density at radius 1 is 1.03 bits per heavy atom. The van der Waals surface area contributed by atoms with Crippen molar-refractivity contribution in [3.8, 4) is 11.4 Å². The number of likely N-dealkylation sites (tertiary alicyclic amines) is 1. The molecule has 1 saturated heterocycles. The number of hydrogen-bond donors (Lipinski definition) is 1. The van der Waals surface area contributed by atoms with E-state index < -0.39 is 10.0 Å². The predicted molar refractivity (Wildman–Crippen MR) is 126 cm³/mol. The summed E-state index contributed by atoms with van der Waals surface area (Å²) in [5.41, 5.74) is 1.60. The third-order valence-corrected chi connectivity index (χ3v) is 7.28. The quantitative estimate of drug-likeness (QED) is 0.526. The molecule has 1 aromatic heterocycles. The molecule has 0 unspecified atom stereocenters. The molecule has 34 heavy (non-hydrogen) atoms. The Morgan fingerprint density at radius 3 is 2.47 bits per heavy atom. The maximum absolute atomic E-state index is 13.1. The summed E-state index contributed by atoms with van der Waals surface area (Å²) < 4.78 is 34.0. The summed E-state index contributed by atoms with van der Waals surface area (Å²) in [6.07, 6.45) is 4.06. The number of benzene rings is 2. The zero-order chi connectivity index (χ0) is 24.3. The van der Waals surface area contributed by atoms with Crippen LogP contribution in [-0.4, -0.2) is 48.2 Å². The third kappa shape index (κ3) is 5.17. The first-order valence-electron chi connectivity index (χ1n) is 11.1. The van der Waals surface area contributed by atoms with Gasteiger partial charge in [-0.05, 0) is 50.5 Å². The molecule has 9 nitrogen and oxygen atoms in total. The fourth-order valence-electron chi connectivity index (χ4n) is 3.88. The van der Waals surface area contributed by atoms with E-state index in [1.807, 2.05) is 0 Å². The second-order valence-electron chi connectivity index (χ2n) is 8.35. The number of carbonyl (C=O) groups is 2. The standard InChI is InChI=1S/C24H26N4O5S/c1-16-10-11-19(22-25-23(33-26-22)24(30)28-12-5-3-4-6-13-28)15-21(16)34(31,32)27-20-9-7-8-18(14-20)17(2)29/h7-11,14-15,27H,3-6,12-13H2,1-2H3. The van der Waals surface area contributed by atoms with Gasteiger partial charge in [-0.25, -0.2) is 8.42 Å². The molecule has 0 aliphatic carbocycles. The number of nitrogens with one attached hydrogen (secondary N) is 1. The zero-order valence-corrected chi connectivity index (χ0v) is 19.9. The average Bonchev–Trinajstić information content (AvgIpc) is 3.14. The Balaban J connectivity index is 1.59. The number of hydrogen-bond acceptors (Lipinski definition) is 7. The minimum absolute atomic E-state index is 0.0309. The van der Waals surface area contributed by atoms with E-state index >= 15 is 0 Å². The Morgan fingerprint density at radius 2 is 1.76 bits per heavy atom. The van der Waals surface area contributed by atoms with Gasteiger partial charge in [0, 0.05) is 29.9 Å². The summed E-state index contributed by atoms with van der Waals surface area (Å²) in [6.45, 7) is 4.40. The van der Waals surface area contributed by atoms with Crippen molar-refractivity contribution in [1.82, 2.24) is 15.0 Å². The van der Waals surface area contributed by atoms with Gasteiger partial charge in [0.15, 0.2) is 5.78 Å². The van der Waals surface area contributed by atoms with Gasteiger partial charge in [-0.15, -0.1) is 0 Å². The number of carbonyl (C=O) groups excluding carboxylic acids is 2. The van der Waals surface area contributed by atoms with Crippen molar-refractivity contribution in [3.05, 3.63) is 59.5 Å². The minimum Gasteiger partial charge on any atom is -0.334 e. The Bertz CT molecular complexity index is 1320. The van der Waals surface area contributed by atoms with Gasteiger partial charge in [-0.1, -0.05) is 42.3 Å². The first-order chi connectivity index (χ1) is 16.2. The molecule has 2 aromatic carbocycles. The smallest absolute Gasteiger partial charge is 0.316 e. The molecule has 1 fully saturated rings. The highest BCUT2D eigenvalue weighted by Crippen LogP contribution is 2.26. The van der Waals surface area contributed by atoms with Gasteiger partial charge < -0.3 is 9.42 Å². The Labute approximate surface area is 198 Å². The normalized spacial score (nSPS) is 14.5. The lowest BCUT2D eigenvalue weighted by Crippen LogP contribution is -2.32. The lowest BCUT2D eigenvalue weighted by Gasteiger charge is -2.17. The van der Waals surface area contributed by atoms with Crippen LogP contribution in [0.5, 0.6) is 0 Å². The maximum atomic E-state index is 13.1. The van der Waals surface area contributed by atoms with Crippen molar-refractivity contribution in [3.63, 3.8) is 0 Å². The van der Waals surface area contributed by atoms with Crippen molar-refractivity contribution < 1.29 is 22.5 Å². The van der Waals surface area contributed by atoms with E-state index in [0.29, 0.717) is 29.8 Å². The van der Waals surface area contributed by atoms with Crippen LogP contribution < -0.4 is 4.72 Å². The number of Topliss-reactive ketones (excluding diaryl/α,β-unsaturated/α-hetero) is 1. The van der Waals surface area contributed by atoms with Gasteiger partial charge in [0.05, 0.1) is 4.90 Å². The number of sulfonamides is 1. The van der Waals surface area contributed by atoms with Gasteiger partial charge in [0.25, 0.3) is 10.0 Å². The number of ketones is 1. The van der Waals surface area contributed by atoms with Gasteiger partial charge in [0.1, 0.15) is 0 Å². The van der Waals surface area contributed by atoms with Crippen LogP contribution in [0.3, 0.4) is 0 Å². The molecule has 1 amide bonds. The van der Waals surface area contributed by atoms with Crippen molar-refractivity contribution >= 4 is 27.4 Å². The van der Waals surface area contributed by atoms with Crippen LogP contribution in [0, 0.1) is 6.92 Å². The van der Waals surface area contributed by atoms with Gasteiger partial charge in [-0.3, -0.25) is 14.3 Å². The molecular formula is C24H26N4O5S. The molecule has 3 aromatic rings. The molecule has 1 N–H and O–H groups in total. The van der Waals surface area contributed by atoms with Crippen LogP contribution >= 0.6 is 0 Å². The molecule has 0 spiro atoms. The molecule has 0 saturated carbocycles. The van der Waals surface area contributed by atoms with Crippen molar-refractivity contribution in [2.75, 3.05) is 17.8 Å². The fraction of sp³-hybridized carbons (Fsp3) is 0.333. The summed E-state index contributed by atoms with van der Waals surface area (Å²) in [6, 6.07) is 11.0. The monoisotopic (exact) mass is 482 g/mol. The summed E-state index contributed by atoms with van der Waals surface area (Å²) in [5.74, 6) is -0.455. The molecule has 1 aliphatic rings. The van der Waals surface area contributed by atoms with E-state index in [1.54, 1.807) is 42.2 Å². The van der Waals surface area contributed by atoms with Crippen LogP contribution in [0.2, 0.25) is 0 Å². The van der Waals surface area contributed by atoms with E-state index in [1.165, 1.54) is 19.1 Å². The lowest BCUT2D eigenvalue weighted by atomic mass is 10.1. The van der Waals surface area contributed by atoms with Crippen molar-refractivity contribution in [1.29, 1.82) is 0 Å². The van der Waals surface area contributed by atoms with Crippen molar-refractivity contribution in [2.45, 2.75) is 44.4 Å². The fourth-order valence-corrected chi connectivity index (χ4v) is 5.20. The predicted octanol–water partition coefficient (Wildman–Crippen LogP) is 4.06. The molecule has 0 radical (unpaired) electrons. The first kappa shape index (κ1) is 23.6. The zero-order valence-electron chi connectivity index (χ0n) is 19.1. The summed E-state index contributed by atoms with van der Waals surface area (Å²) in [4.78, 5) is 30.4. The van der Waals surface area contributed by atoms with Crippen LogP contribution in [-0.2, 0) is 10.0 Å². The molecule has 0 bridgehead atoms. The number of rotatable bonds is 6. The molecule has 10 heteroatoms. The highest BCUT2D eigenvalue weighted by Gasteiger charge is 2.25. The highest BCUT2D eigenvalue weighted by atomic mass is 32.2. The molecule has 2 heterocycles. The van der Waals surface area contributed by atoms with E-state index in [2.05, 4.69) is 14.9 Å². The number of aryl methyl sites for hydroxylation is 1. The number of amides is 1. The molecule has 4 rings (SSSR count). The summed E-state index contributed by atoms with van der Waals surface area (Å²) >= 11 is 0. The van der Waals surface area contributed by atoms with E-state index in [9.17, 15) is 18.0 Å². The largest absolute Gasteiger partial charge is 0.334 e. The number of nitrogens with zero attached hydrogens (tertiary/aromatic N) is 3. The van der Waals surface area contributed by atoms with E-state index in [0.717, 1.165) is 25.7 Å². The van der Waals surface area contributed by atoms with Gasteiger partial charge >= 0.3 is 11.8 Å². The minimum atomic E-state index is -3.97. The lowest BCUT2D eigenvalue weighted by molar-refractivity contribution is 0.0711. The average molecular weight is 483 g/mol. The third-order valence-electron chi connectivity index (χ3n) is 5.76.